The number of carbonyl (C=O) groups excluding carboxylic acids is 2. The van der Waals surface area contributed by atoms with E-state index in [0.717, 1.165) is 0 Å². The number of nitrogens with one attached hydrogen (secondary N) is 2. The number of rotatable bonds is 7. The third kappa shape index (κ3) is 4.91. The molecular formula is C15H21BrN2O4. The Balaban J connectivity index is 2.69. The number of halogens is 1. The molecule has 7 heteroatoms. The van der Waals surface area contributed by atoms with Crippen LogP contribution in [-0.4, -0.2) is 39.1 Å². The molecule has 0 atom stereocenters. The van der Waals surface area contributed by atoms with Crippen molar-refractivity contribution in [3.05, 3.63) is 22.2 Å². The Bertz CT molecular complexity index is 547. The van der Waals surface area contributed by atoms with Gasteiger partial charge in [0.1, 0.15) is 11.5 Å². The molecule has 0 unspecified atom stereocenters. The summed E-state index contributed by atoms with van der Waals surface area (Å²) in [5, 5.41) is 5.47. The first-order valence-corrected chi connectivity index (χ1v) is 7.67. The largest absolute Gasteiger partial charge is 0.497 e. The average molecular weight is 373 g/mol. The van der Waals surface area contributed by atoms with Crippen LogP contribution in [0, 0.1) is 5.92 Å². The molecule has 122 valence electrons. The Hall–Kier alpha value is -1.76. The molecule has 0 radical (unpaired) electrons. The number of benzene rings is 1. The minimum absolute atomic E-state index is 0.0454. The van der Waals surface area contributed by atoms with Gasteiger partial charge < -0.3 is 20.1 Å². The van der Waals surface area contributed by atoms with Gasteiger partial charge in [-0.25, -0.2) is 0 Å². The van der Waals surface area contributed by atoms with Gasteiger partial charge in [-0.05, 0) is 28.1 Å². The molecule has 1 aromatic rings. The zero-order chi connectivity index (χ0) is 16.7. The maximum Gasteiger partial charge on any atom is 0.255 e. The molecule has 0 aromatic heterocycles. The Morgan fingerprint density at radius 1 is 1.14 bits per heavy atom. The topological polar surface area (TPSA) is 76.7 Å². The van der Waals surface area contributed by atoms with Crippen LogP contribution < -0.4 is 20.1 Å². The normalized spacial score (nSPS) is 10.3. The van der Waals surface area contributed by atoms with E-state index >= 15 is 0 Å². The first-order valence-electron chi connectivity index (χ1n) is 6.88. The fraction of sp³-hybridized carbons (Fsp3) is 0.467. The number of carbonyl (C=O) groups is 2. The monoisotopic (exact) mass is 372 g/mol. The molecular weight excluding hydrogens is 352 g/mol. The lowest BCUT2D eigenvalue weighted by atomic mass is 10.1. The standard InChI is InChI=1S/C15H21BrN2O4/c1-9(2)14(19)17-5-6-18-15(20)11-7-10(21-3)8-12(16)13(11)22-4/h7-9H,5-6H2,1-4H3,(H,17,19)(H,18,20). The Labute approximate surface area is 138 Å². The van der Waals surface area contributed by atoms with Crippen molar-refractivity contribution in [2.45, 2.75) is 13.8 Å². The molecule has 0 aliphatic rings. The molecule has 0 saturated heterocycles. The first kappa shape index (κ1) is 18.3. The zero-order valence-electron chi connectivity index (χ0n) is 13.2. The van der Waals surface area contributed by atoms with Gasteiger partial charge in [0.25, 0.3) is 5.91 Å². The van der Waals surface area contributed by atoms with Crippen LogP contribution in [0.3, 0.4) is 0 Å². The molecule has 0 aliphatic carbocycles. The highest BCUT2D eigenvalue weighted by Crippen LogP contribution is 2.33. The summed E-state index contributed by atoms with van der Waals surface area (Å²) in [6.45, 7) is 4.32. The van der Waals surface area contributed by atoms with Crippen LogP contribution in [-0.2, 0) is 4.79 Å². The zero-order valence-corrected chi connectivity index (χ0v) is 14.7. The van der Waals surface area contributed by atoms with E-state index in [9.17, 15) is 9.59 Å². The summed E-state index contributed by atoms with van der Waals surface area (Å²) in [7, 11) is 3.02. The second-order valence-corrected chi connectivity index (χ2v) is 5.75. The van der Waals surface area contributed by atoms with Crippen LogP contribution >= 0.6 is 15.9 Å². The fourth-order valence-electron chi connectivity index (χ4n) is 1.72. The SMILES string of the molecule is COc1cc(Br)c(OC)c(C(=O)NCCNC(=O)C(C)C)c1. The third-order valence-corrected chi connectivity index (χ3v) is 3.52. The van der Waals surface area contributed by atoms with Gasteiger partial charge in [0.15, 0.2) is 0 Å². The fourth-order valence-corrected chi connectivity index (χ4v) is 2.32. The van der Waals surface area contributed by atoms with Crippen molar-refractivity contribution in [2.24, 2.45) is 5.92 Å². The van der Waals surface area contributed by atoms with Crippen LogP contribution in [0.1, 0.15) is 24.2 Å². The van der Waals surface area contributed by atoms with Gasteiger partial charge >= 0.3 is 0 Å². The summed E-state index contributed by atoms with van der Waals surface area (Å²) in [5.74, 6) is 0.562. The minimum Gasteiger partial charge on any atom is -0.497 e. The van der Waals surface area contributed by atoms with Gasteiger partial charge in [-0.3, -0.25) is 9.59 Å². The molecule has 2 N–H and O–H groups in total. The molecule has 0 saturated carbocycles. The van der Waals surface area contributed by atoms with E-state index in [-0.39, 0.29) is 17.7 Å². The van der Waals surface area contributed by atoms with Crippen molar-refractivity contribution < 1.29 is 19.1 Å². The Morgan fingerprint density at radius 2 is 1.77 bits per heavy atom. The predicted molar refractivity (Wildman–Crippen MR) is 87.4 cm³/mol. The van der Waals surface area contributed by atoms with Gasteiger partial charge in [-0.15, -0.1) is 0 Å². The van der Waals surface area contributed by atoms with E-state index in [0.29, 0.717) is 34.6 Å². The first-order chi connectivity index (χ1) is 10.4. The lowest BCUT2D eigenvalue weighted by Gasteiger charge is -2.13. The summed E-state index contributed by atoms with van der Waals surface area (Å²) >= 11 is 3.34. The molecule has 22 heavy (non-hydrogen) atoms. The number of hydrogen-bond acceptors (Lipinski definition) is 4. The van der Waals surface area contributed by atoms with Crippen LogP contribution in [0.15, 0.2) is 16.6 Å². The third-order valence-electron chi connectivity index (χ3n) is 2.94. The van der Waals surface area contributed by atoms with Gasteiger partial charge in [-0.2, -0.15) is 0 Å². The molecule has 1 aromatic carbocycles. The van der Waals surface area contributed by atoms with E-state index in [1.165, 1.54) is 14.2 Å². The maximum atomic E-state index is 12.2. The smallest absolute Gasteiger partial charge is 0.255 e. The number of ether oxygens (including phenoxy) is 2. The molecule has 0 bridgehead atoms. The number of methoxy groups -OCH3 is 2. The van der Waals surface area contributed by atoms with E-state index in [4.69, 9.17) is 9.47 Å². The van der Waals surface area contributed by atoms with Crippen LogP contribution in [0.25, 0.3) is 0 Å². The van der Waals surface area contributed by atoms with Gasteiger partial charge in [-0.1, -0.05) is 13.8 Å². The quantitative estimate of drug-likeness (QED) is 0.717. The second kappa shape index (κ2) is 8.63. The predicted octanol–water partition coefficient (Wildman–Crippen LogP) is 1.97. The Kier molecular flexibility index (Phi) is 7.17. The molecule has 0 aliphatic heterocycles. The highest BCUT2D eigenvalue weighted by atomic mass is 79.9. The lowest BCUT2D eigenvalue weighted by Crippen LogP contribution is -2.36. The molecule has 0 spiro atoms. The Morgan fingerprint density at radius 3 is 2.32 bits per heavy atom. The molecule has 0 fully saturated rings. The summed E-state index contributed by atoms with van der Waals surface area (Å²) in [6.07, 6.45) is 0. The summed E-state index contributed by atoms with van der Waals surface area (Å²) in [5.41, 5.74) is 0.365. The number of amides is 2. The van der Waals surface area contributed by atoms with Crippen LogP contribution in [0.2, 0.25) is 0 Å². The van der Waals surface area contributed by atoms with E-state index in [2.05, 4.69) is 26.6 Å². The molecule has 6 nitrogen and oxygen atoms in total. The van der Waals surface area contributed by atoms with Crippen molar-refractivity contribution in [3.63, 3.8) is 0 Å². The molecule has 0 heterocycles. The van der Waals surface area contributed by atoms with Crippen LogP contribution in [0.4, 0.5) is 0 Å². The summed E-state index contributed by atoms with van der Waals surface area (Å²) in [4.78, 5) is 23.7. The lowest BCUT2D eigenvalue weighted by molar-refractivity contribution is -0.123. The minimum atomic E-state index is -0.296. The highest BCUT2D eigenvalue weighted by molar-refractivity contribution is 9.10. The highest BCUT2D eigenvalue weighted by Gasteiger charge is 2.17. The average Bonchev–Trinajstić information content (AvgIpc) is 2.49. The molecule has 2 amide bonds. The van der Waals surface area contributed by atoms with Gasteiger partial charge in [0.2, 0.25) is 5.91 Å². The van der Waals surface area contributed by atoms with Crippen molar-refractivity contribution in [1.29, 1.82) is 0 Å². The summed E-state index contributed by atoms with van der Waals surface area (Å²) in [6, 6.07) is 3.32. The van der Waals surface area contributed by atoms with Crippen molar-refractivity contribution >= 4 is 27.7 Å². The van der Waals surface area contributed by atoms with E-state index in [1.807, 2.05) is 13.8 Å². The van der Waals surface area contributed by atoms with Gasteiger partial charge in [0, 0.05) is 19.0 Å². The van der Waals surface area contributed by atoms with Crippen molar-refractivity contribution in [3.8, 4) is 11.5 Å². The van der Waals surface area contributed by atoms with Crippen molar-refractivity contribution in [2.75, 3.05) is 27.3 Å². The molecule has 1 rings (SSSR count). The van der Waals surface area contributed by atoms with Gasteiger partial charge in [0.05, 0.1) is 24.3 Å². The maximum absolute atomic E-state index is 12.2. The van der Waals surface area contributed by atoms with Crippen LogP contribution in [0.5, 0.6) is 11.5 Å². The number of hydrogen-bond donors (Lipinski definition) is 2. The van der Waals surface area contributed by atoms with E-state index < -0.39 is 0 Å². The summed E-state index contributed by atoms with van der Waals surface area (Å²) < 4.78 is 11.0. The second-order valence-electron chi connectivity index (χ2n) is 4.89. The van der Waals surface area contributed by atoms with Crippen molar-refractivity contribution in [1.82, 2.24) is 10.6 Å². The van der Waals surface area contributed by atoms with E-state index in [1.54, 1.807) is 12.1 Å².